The number of nitrogens with zero attached hydrogens (tertiary/aromatic N) is 2. The number of para-hydroxylation sites is 1. The highest BCUT2D eigenvalue weighted by Gasteiger charge is 2.10. The molecule has 4 heteroatoms. The lowest BCUT2D eigenvalue weighted by molar-refractivity contribution is 0.0827. The summed E-state index contributed by atoms with van der Waals surface area (Å²) in [5.41, 5.74) is 1.35. The van der Waals surface area contributed by atoms with Crippen LogP contribution < -0.4 is 4.74 Å². The monoisotopic (exact) mass is 230 g/mol. The van der Waals surface area contributed by atoms with Crippen molar-refractivity contribution in [3.63, 3.8) is 0 Å². The second-order valence-electron chi connectivity index (χ2n) is 3.96. The summed E-state index contributed by atoms with van der Waals surface area (Å²) >= 11 is 0. The van der Waals surface area contributed by atoms with Crippen LogP contribution in [0.4, 0.5) is 0 Å². The van der Waals surface area contributed by atoms with Gasteiger partial charge in [0.05, 0.1) is 12.7 Å². The van der Waals surface area contributed by atoms with E-state index in [9.17, 15) is 4.79 Å². The fraction of sp³-hybridized carbons (Fsp3) is 0.231. The van der Waals surface area contributed by atoms with Gasteiger partial charge in [-0.25, -0.2) is 0 Å². The van der Waals surface area contributed by atoms with E-state index in [1.165, 1.54) is 4.90 Å². The van der Waals surface area contributed by atoms with Crippen molar-refractivity contribution in [2.45, 2.75) is 0 Å². The molecule has 1 heterocycles. The Morgan fingerprint density at radius 2 is 2.12 bits per heavy atom. The van der Waals surface area contributed by atoms with Crippen LogP contribution in [-0.4, -0.2) is 37.0 Å². The van der Waals surface area contributed by atoms with Gasteiger partial charge >= 0.3 is 0 Å². The molecule has 0 aliphatic carbocycles. The Morgan fingerprint density at radius 1 is 1.35 bits per heavy atom. The molecule has 0 spiro atoms. The molecule has 4 nitrogen and oxygen atoms in total. The number of hydrogen-bond acceptors (Lipinski definition) is 3. The topological polar surface area (TPSA) is 42.4 Å². The Labute approximate surface area is 99.8 Å². The van der Waals surface area contributed by atoms with E-state index < -0.39 is 0 Å². The van der Waals surface area contributed by atoms with Gasteiger partial charge in [-0.05, 0) is 12.1 Å². The predicted molar refractivity (Wildman–Crippen MR) is 66.3 cm³/mol. The minimum absolute atomic E-state index is 0.0535. The molecule has 0 fully saturated rings. The molecule has 0 bridgehead atoms. The number of carbonyl (C=O) groups is 1. The van der Waals surface area contributed by atoms with Crippen LogP contribution in [0.2, 0.25) is 0 Å². The first-order chi connectivity index (χ1) is 8.13. The minimum Gasteiger partial charge on any atom is -0.494 e. The minimum atomic E-state index is -0.0535. The number of carbonyl (C=O) groups excluding carboxylic acids is 1. The molecule has 0 aliphatic rings. The van der Waals surface area contributed by atoms with Crippen molar-refractivity contribution in [2.24, 2.45) is 0 Å². The van der Waals surface area contributed by atoms with Crippen LogP contribution in [0, 0.1) is 0 Å². The van der Waals surface area contributed by atoms with E-state index in [2.05, 4.69) is 4.98 Å². The Morgan fingerprint density at radius 3 is 2.76 bits per heavy atom. The van der Waals surface area contributed by atoms with Crippen LogP contribution in [0.3, 0.4) is 0 Å². The van der Waals surface area contributed by atoms with E-state index in [-0.39, 0.29) is 5.91 Å². The maximum absolute atomic E-state index is 11.8. The molecular formula is C13H14N2O2. The summed E-state index contributed by atoms with van der Waals surface area (Å²) in [6, 6.07) is 7.47. The third kappa shape index (κ3) is 2.06. The number of amides is 1. The van der Waals surface area contributed by atoms with Crippen LogP contribution in [0.25, 0.3) is 10.9 Å². The van der Waals surface area contributed by atoms with E-state index >= 15 is 0 Å². The highest BCUT2D eigenvalue weighted by atomic mass is 16.5. The lowest BCUT2D eigenvalue weighted by Gasteiger charge is -2.11. The number of rotatable bonds is 2. The highest BCUT2D eigenvalue weighted by molar-refractivity contribution is 5.97. The van der Waals surface area contributed by atoms with Crippen LogP contribution >= 0.6 is 0 Å². The van der Waals surface area contributed by atoms with Crippen LogP contribution in [0.1, 0.15) is 10.4 Å². The number of hydrogen-bond donors (Lipinski definition) is 0. The summed E-state index contributed by atoms with van der Waals surface area (Å²) < 4.78 is 5.22. The Balaban J connectivity index is 2.56. The number of ether oxygens (including phenoxy) is 1. The molecule has 1 aromatic carbocycles. The summed E-state index contributed by atoms with van der Waals surface area (Å²) in [6.45, 7) is 0. The van der Waals surface area contributed by atoms with Gasteiger partial charge in [-0.3, -0.25) is 9.78 Å². The van der Waals surface area contributed by atoms with Crippen molar-refractivity contribution in [3.8, 4) is 5.75 Å². The van der Waals surface area contributed by atoms with E-state index in [4.69, 9.17) is 4.74 Å². The lowest BCUT2D eigenvalue weighted by atomic mass is 10.1. The zero-order chi connectivity index (χ0) is 12.4. The fourth-order valence-electron chi connectivity index (χ4n) is 1.67. The molecule has 0 saturated heterocycles. The molecule has 1 aromatic heterocycles. The number of benzene rings is 1. The molecule has 0 atom stereocenters. The first-order valence-corrected chi connectivity index (χ1v) is 5.28. The summed E-state index contributed by atoms with van der Waals surface area (Å²) in [5, 5.41) is 0.900. The standard InChI is InChI=1S/C13H14N2O2/c1-15(2)13(16)10-7-9-5-4-6-11(17-3)12(9)14-8-10/h4-8H,1-3H3. The summed E-state index contributed by atoms with van der Waals surface area (Å²) in [7, 11) is 5.05. The van der Waals surface area contributed by atoms with E-state index in [1.807, 2.05) is 24.3 Å². The zero-order valence-corrected chi connectivity index (χ0v) is 10.1. The van der Waals surface area contributed by atoms with E-state index in [1.54, 1.807) is 27.4 Å². The maximum Gasteiger partial charge on any atom is 0.254 e. The van der Waals surface area contributed by atoms with Gasteiger partial charge in [0.15, 0.2) is 0 Å². The molecule has 0 unspecified atom stereocenters. The summed E-state index contributed by atoms with van der Waals surface area (Å²) in [5.74, 6) is 0.661. The molecule has 0 saturated carbocycles. The van der Waals surface area contributed by atoms with Crippen molar-refractivity contribution in [3.05, 3.63) is 36.0 Å². The average Bonchev–Trinajstić information content (AvgIpc) is 2.36. The third-order valence-electron chi connectivity index (χ3n) is 2.55. The van der Waals surface area contributed by atoms with Gasteiger partial charge in [0.2, 0.25) is 0 Å². The third-order valence-corrected chi connectivity index (χ3v) is 2.55. The fourth-order valence-corrected chi connectivity index (χ4v) is 1.67. The molecule has 17 heavy (non-hydrogen) atoms. The van der Waals surface area contributed by atoms with Crippen LogP contribution in [-0.2, 0) is 0 Å². The quantitative estimate of drug-likeness (QED) is 0.791. The molecular weight excluding hydrogens is 216 g/mol. The van der Waals surface area contributed by atoms with Gasteiger partial charge in [-0.2, -0.15) is 0 Å². The Bertz CT molecular complexity index is 564. The van der Waals surface area contributed by atoms with Crippen LogP contribution in [0.5, 0.6) is 5.75 Å². The second-order valence-corrected chi connectivity index (χ2v) is 3.96. The van der Waals surface area contributed by atoms with E-state index in [0.29, 0.717) is 11.3 Å². The Kier molecular flexibility index (Phi) is 2.95. The van der Waals surface area contributed by atoms with Crippen LogP contribution in [0.15, 0.2) is 30.5 Å². The summed E-state index contributed by atoms with van der Waals surface area (Å²) in [6.07, 6.45) is 1.58. The zero-order valence-electron chi connectivity index (χ0n) is 10.1. The number of aromatic nitrogens is 1. The second kappa shape index (κ2) is 4.41. The molecule has 0 aliphatic heterocycles. The number of methoxy groups -OCH3 is 1. The lowest BCUT2D eigenvalue weighted by Crippen LogP contribution is -2.21. The van der Waals surface area contributed by atoms with Crippen molar-refractivity contribution >= 4 is 16.8 Å². The molecule has 2 aromatic rings. The van der Waals surface area contributed by atoms with Crippen molar-refractivity contribution in [1.82, 2.24) is 9.88 Å². The van der Waals surface area contributed by atoms with Crippen molar-refractivity contribution in [2.75, 3.05) is 21.2 Å². The SMILES string of the molecule is COc1cccc2cc(C(=O)N(C)C)cnc12. The first kappa shape index (κ1) is 11.4. The van der Waals surface area contributed by atoms with Gasteiger partial charge in [0.25, 0.3) is 5.91 Å². The average molecular weight is 230 g/mol. The van der Waals surface area contributed by atoms with Gasteiger partial charge in [0.1, 0.15) is 11.3 Å². The highest BCUT2D eigenvalue weighted by Crippen LogP contribution is 2.23. The number of fused-ring (bicyclic) bond motifs is 1. The molecule has 0 N–H and O–H groups in total. The molecule has 88 valence electrons. The van der Waals surface area contributed by atoms with E-state index in [0.717, 1.165) is 10.9 Å². The Hall–Kier alpha value is -2.10. The van der Waals surface area contributed by atoms with Gasteiger partial charge in [0, 0.05) is 25.7 Å². The van der Waals surface area contributed by atoms with Gasteiger partial charge in [-0.15, -0.1) is 0 Å². The van der Waals surface area contributed by atoms with Gasteiger partial charge < -0.3 is 9.64 Å². The normalized spacial score (nSPS) is 10.3. The van der Waals surface area contributed by atoms with Crippen molar-refractivity contribution < 1.29 is 9.53 Å². The first-order valence-electron chi connectivity index (χ1n) is 5.28. The molecule has 0 radical (unpaired) electrons. The maximum atomic E-state index is 11.8. The van der Waals surface area contributed by atoms with Crippen molar-refractivity contribution in [1.29, 1.82) is 0 Å². The summed E-state index contributed by atoms with van der Waals surface area (Å²) in [4.78, 5) is 17.6. The molecule has 2 rings (SSSR count). The van der Waals surface area contributed by atoms with Gasteiger partial charge in [-0.1, -0.05) is 12.1 Å². The smallest absolute Gasteiger partial charge is 0.254 e. The predicted octanol–water partition coefficient (Wildman–Crippen LogP) is 1.95. The molecule has 1 amide bonds. The largest absolute Gasteiger partial charge is 0.494 e. The number of pyridine rings is 1.